The molecule has 0 radical (unpaired) electrons. The first-order valence-corrected chi connectivity index (χ1v) is 7.69. The smallest absolute Gasteiger partial charge is 0.226 e. The van der Waals surface area contributed by atoms with E-state index in [1.54, 1.807) is 20.8 Å². The van der Waals surface area contributed by atoms with E-state index in [9.17, 15) is 9.18 Å². The highest BCUT2D eigenvalue weighted by molar-refractivity contribution is 5.81. The molecule has 2 heterocycles. The fourth-order valence-corrected chi connectivity index (χ4v) is 2.35. The second-order valence-corrected chi connectivity index (χ2v) is 6.92. The molecule has 0 saturated carbocycles. The van der Waals surface area contributed by atoms with E-state index in [1.807, 2.05) is 11.0 Å². The SMILES string of the molecule is CC(C)(C)C(=O)NCC1(F)CCN(c2nccc(C#N)n2)CC1. The maximum atomic E-state index is 14.8. The highest BCUT2D eigenvalue weighted by Gasteiger charge is 2.36. The molecule has 0 aliphatic carbocycles. The number of carbonyl (C=O) groups excluding carboxylic acids is 1. The Balaban J connectivity index is 1.92. The van der Waals surface area contributed by atoms with E-state index in [2.05, 4.69) is 15.3 Å². The van der Waals surface area contributed by atoms with Gasteiger partial charge in [0.05, 0.1) is 6.54 Å². The second kappa shape index (κ2) is 6.49. The number of carbonyl (C=O) groups is 1. The summed E-state index contributed by atoms with van der Waals surface area (Å²) in [5.74, 6) is 0.298. The van der Waals surface area contributed by atoms with Crippen molar-refractivity contribution in [3.63, 3.8) is 0 Å². The van der Waals surface area contributed by atoms with Gasteiger partial charge >= 0.3 is 0 Å². The quantitative estimate of drug-likeness (QED) is 0.919. The zero-order chi connectivity index (χ0) is 17.1. The van der Waals surface area contributed by atoms with Crippen LogP contribution in [0.5, 0.6) is 0 Å². The van der Waals surface area contributed by atoms with E-state index in [0.717, 1.165) is 0 Å². The van der Waals surface area contributed by atoms with Crippen LogP contribution >= 0.6 is 0 Å². The van der Waals surface area contributed by atoms with Crippen molar-refractivity contribution in [2.75, 3.05) is 24.5 Å². The van der Waals surface area contributed by atoms with Gasteiger partial charge in [-0.2, -0.15) is 5.26 Å². The summed E-state index contributed by atoms with van der Waals surface area (Å²) in [5.41, 5.74) is -1.64. The van der Waals surface area contributed by atoms with Crippen molar-refractivity contribution in [1.29, 1.82) is 5.26 Å². The second-order valence-electron chi connectivity index (χ2n) is 6.92. The number of amides is 1. The van der Waals surface area contributed by atoms with Crippen molar-refractivity contribution < 1.29 is 9.18 Å². The average molecular weight is 319 g/mol. The van der Waals surface area contributed by atoms with Crippen molar-refractivity contribution in [2.45, 2.75) is 39.3 Å². The molecule has 1 aromatic heterocycles. The third-order valence-electron chi connectivity index (χ3n) is 3.95. The minimum atomic E-state index is -1.41. The van der Waals surface area contributed by atoms with Gasteiger partial charge < -0.3 is 10.2 Å². The summed E-state index contributed by atoms with van der Waals surface area (Å²) in [5, 5.41) is 11.6. The molecule has 0 bridgehead atoms. The van der Waals surface area contributed by atoms with Gasteiger partial charge in [-0.25, -0.2) is 14.4 Å². The van der Waals surface area contributed by atoms with E-state index in [1.165, 1.54) is 12.3 Å². The Kier molecular flexibility index (Phi) is 4.83. The van der Waals surface area contributed by atoms with Crippen molar-refractivity contribution in [3.8, 4) is 6.07 Å². The number of piperidine rings is 1. The van der Waals surface area contributed by atoms with Crippen LogP contribution in [0.4, 0.5) is 10.3 Å². The zero-order valence-corrected chi connectivity index (χ0v) is 13.8. The minimum absolute atomic E-state index is 0.0238. The Morgan fingerprint density at radius 3 is 2.70 bits per heavy atom. The maximum Gasteiger partial charge on any atom is 0.226 e. The molecule has 23 heavy (non-hydrogen) atoms. The summed E-state index contributed by atoms with van der Waals surface area (Å²) in [7, 11) is 0. The Labute approximate surface area is 135 Å². The zero-order valence-electron chi connectivity index (χ0n) is 13.8. The molecule has 6 nitrogen and oxygen atoms in total. The molecule has 1 fully saturated rings. The molecule has 1 aliphatic rings. The Morgan fingerprint density at radius 2 is 2.13 bits per heavy atom. The first kappa shape index (κ1) is 17.1. The fourth-order valence-electron chi connectivity index (χ4n) is 2.35. The number of anilines is 1. The van der Waals surface area contributed by atoms with Crippen LogP contribution in [0.15, 0.2) is 12.3 Å². The number of nitrogens with zero attached hydrogens (tertiary/aromatic N) is 4. The van der Waals surface area contributed by atoms with Crippen molar-refractivity contribution in [3.05, 3.63) is 18.0 Å². The molecular weight excluding hydrogens is 297 g/mol. The van der Waals surface area contributed by atoms with Gasteiger partial charge in [-0.3, -0.25) is 4.79 Å². The number of hydrogen-bond acceptors (Lipinski definition) is 5. The standard InChI is InChI=1S/C16H22FN5O/c1-15(2,3)13(23)20-11-16(17)5-8-22(9-6-16)14-19-7-4-12(10-18)21-14/h4,7H,5-6,8-9,11H2,1-3H3,(H,20,23). The highest BCUT2D eigenvalue weighted by Crippen LogP contribution is 2.28. The van der Waals surface area contributed by atoms with E-state index < -0.39 is 11.1 Å². The van der Waals surface area contributed by atoms with Crippen LogP contribution in [-0.2, 0) is 4.79 Å². The molecule has 2 rings (SSSR count). The highest BCUT2D eigenvalue weighted by atomic mass is 19.1. The Hall–Kier alpha value is -2.23. The maximum absolute atomic E-state index is 14.8. The molecule has 1 aliphatic heterocycles. The van der Waals surface area contributed by atoms with Gasteiger partial charge in [-0.15, -0.1) is 0 Å². The monoisotopic (exact) mass is 319 g/mol. The number of rotatable bonds is 3. The van der Waals surface area contributed by atoms with Crippen LogP contribution in [0.3, 0.4) is 0 Å². The predicted molar refractivity (Wildman–Crippen MR) is 84.5 cm³/mol. The molecular formula is C16H22FN5O. The van der Waals surface area contributed by atoms with Crippen molar-refractivity contribution in [2.24, 2.45) is 5.41 Å². The lowest BCUT2D eigenvalue weighted by molar-refractivity contribution is -0.129. The molecule has 1 saturated heterocycles. The largest absolute Gasteiger partial charge is 0.352 e. The van der Waals surface area contributed by atoms with Gasteiger partial charge in [0.25, 0.3) is 0 Å². The summed E-state index contributed by atoms with van der Waals surface area (Å²) in [6.07, 6.45) is 2.11. The van der Waals surface area contributed by atoms with Gasteiger partial charge in [0.2, 0.25) is 11.9 Å². The van der Waals surface area contributed by atoms with Gasteiger partial charge in [0, 0.05) is 37.5 Å². The molecule has 0 aromatic carbocycles. The molecule has 7 heteroatoms. The Morgan fingerprint density at radius 1 is 1.48 bits per heavy atom. The fraction of sp³-hybridized carbons (Fsp3) is 0.625. The predicted octanol–water partition coefficient (Wildman–Crippen LogP) is 1.82. The third-order valence-corrected chi connectivity index (χ3v) is 3.95. The van der Waals surface area contributed by atoms with Crippen LogP contribution in [0, 0.1) is 16.7 Å². The van der Waals surface area contributed by atoms with E-state index in [0.29, 0.717) is 24.7 Å². The van der Waals surface area contributed by atoms with Crippen LogP contribution in [-0.4, -0.2) is 41.2 Å². The molecule has 124 valence electrons. The number of hydrogen-bond donors (Lipinski definition) is 1. The van der Waals surface area contributed by atoms with E-state index in [-0.39, 0.29) is 25.3 Å². The molecule has 1 aromatic rings. The van der Waals surface area contributed by atoms with E-state index >= 15 is 0 Å². The van der Waals surface area contributed by atoms with Crippen LogP contribution in [0.2, 0.25) is 0 Å². The molecule has 0 atom stereocenters. The summed E-state index contributed by atoms with van der Waals surface area (Å²) in [6, 6.07) is 3.51. The normalized spacial score (nSPS) is 17.4. The van der Waals surface area contributed by atoms with E-state index in [4.69, 9.17) is 5.26 Å². The topological polar surface area (TPSA) is 81.9 Å². The lowest BCUT2D eigenvalue weighted by Crippen LogP contribution is -2.50. The average Bonchev–Trinajstić information content (AvgIpc) is 2.52. The van der Waals surface area contributed by atoms with Crippen molar-refractivity contribution >= 4 is 11.9 Å². The van der Waals surface area contributed by atoms with Gasteiger partial charge in [-0.1, -0.05) is 20.8 Å². The first-order chi connectivity index (χ1) is 10.7. The van der Waals surface area contributed by atoms with Gasteiger partial charge in [0.15, 0.2) is 0 Å². The van der Waals surface area contributed by atoms with Gasteiger partial charge in [-0.05, 0) is 6.07 Å². The van der Waals surface area contributed by atoms with Crippen LogP contribution < -0.4 is 10.2 Å². The third kappa shape index (κ3) is 4.38. The molecule has 1 N–H and O–H groups in total. The number of nitrogens with one attached hydrogen (secondary N) is 1. The van der Waals surface area contributed by atoms with Crippen molar-refractivity contribution in [1.82, 2.24) is 15.3 Å². The molecule has 1 amide bonds. The number of nitriles is 1. The summed E-state index contributed by atoms with van der Waals surface area (Å²) >= 11 is 0. The molecule has 0 spiro atoms. The first-order valence-electron chi connectivity index (χ1n) is 7.69. The lowest BCUT2D eigenvalue weighted by Gasteiger charge is -2.36. The van der Waals surface area contributed by atoms with Crippen LogP contribution in [0.25, 0.3) is 0 Å². The minimum Gasteiger partial charge on any atom is -0.352 e. The summed E-state index contributed by atoms with van der Waals surface area (Å²) in [6.45, 7) is 6.34. The molecule has 0 unspecified atom stereocenters. The van der Waals surface area contributed by atoms with Crippen LogP contribution in [0.1, 0.15) is 39.3 Å². The summed E-state index contributed by atoms with van der Waals surface area (Å²) in [4.78, 5) is 22.0. The Bertz CT molecular complexity index is 612. The number of halogens is 1. The number of aromatic nitrogens is 2. The lowest BCUT2D eigenvalue weighted by atomic mass is 9.91. The number of alkyl halides is 1. The van der Waals surface area contributed by atoms with Gasteiger partial charge in [0.1, 0.15) is 17.4 Å². The summed E-state index contributed by atoms with van der Waals surface area (Å²) < 4.78 is 14.8.